The molecule has 2 aromatic carbocycles. The zero-order chi connectivity index (χ0) is 17.3. The number of terminal acetylenes is 1. The molecule has 0 spiro atoms. The van der Waals surface area contributed by atoms with Crippen molar-refractivity contribution in [1.29, 1.82) is 0 Å². The molecule has 1 aromatic heterocycles. The number of aryl methyl sites for hydroxylation is 3. The average molecular weight is 334 g/mol. The molecule has 3 rings (SSSR count). The predicted molar refractivity (Wildman–Crippen MR) is 99.2 cm³/mol. The second-order valence-corrected chi connectivity index (χ2v) is 6.87. The molecule has 0 N–H and O–H groups in total. The summed E-state index contributed by atoms with van der Waals surface area (Å²) in [6, 6.07) is 11.8. The van der Waals surface area contributed by atoms with Crippen LogP contribution in [-0.2, 0) is 6.54 Å². The molecule has 0 radical (unpaired) electrons. The Morgan fingerprint density at radius 1 is 1.17 bits per heavy atom. The minimum absolute atomic E-state index is 0.243. The predicted octanol–water partition coefficient (Wildman–Crippen LogP) is 4.00. The van der Waals surface area contributed by atoms with Crippen molar-refractivity contribution < 1.29 is 4.79 Å². The largest absolute Gasteiger partial charge is 0.305 e. The third kappa shape index (κ3) is 3.04. The van der Waals surface area contributed by atoms with Gasteiger partial charge in [0, 0.05) is 5.56 Å². The van der Waals surface area contributed by atoms with Crippen LogP contribution in [-0.4, -0.2) is 10.5 Å². The maximum Gasteiger partial charge on any atom is 0.279 e. The van der Waals surface area contributed by atoms with Crippen LogP contribution in [0.4, 0.5) is 0 Å². The lowest BCUT2D eigenvalue weighted by Crippen LogP contribution is -2.16. The van der Waals surface area contributed by atoms with Crippen molar-refractivity contribution in [3.05, 3.63) is 63.5 Å². The van der Waals surface area contributed by atoms with Gasteiger partial charge in [-0.1, -0.05) is 29.4 Å². The molecule has 0 saturated carbocycles. The second-order valence-electron chi connectivity index (χ2n) is 5.86. The van der Waals surface area contributed by atoms with Gasteiger partial charge in [-0.25, -0.2) is 0 Å². The summed E-state index contributed by atoms with van der Waals surface area (Å²) in [6.07, 6.45) is 5.50. The summed E-state index contributed by atoms with van der Waals surface area (Å²) in [5.74, 6) is 2.40. The summed E-state index contributed by atoms with van der Waals surface area (Å²) in [7, 11) is 0. The van der Waals surface area contributed by atoms with Crippen molar-refractivity contribution in [2.45, 2.75) is 27.3 Å². The van der Waals surface area contributed by atoms with Gasteiger partial charge in [-0.05, 0) is 61.7 Å². The number of amides is 1. The molecule has 0 unspecified atom stereocenters. The fourth-order valence-electron chi connectivity index (χ4n) is 2.54. The van der Waals surface area contributed by atoms with Gasteiger partial charge in [-0.3, -0.25) is 4.79 Å². The van der Waals surface area contributed by atoms with Gasteiger partial charge in [0.1, 0.15) is 0 Å². The van der Waals surface area contributed by atoms with Crippen LogP contribution in [0, 0.1) is 33.1 Å². The Labute approximate surface area is 145 Å². The van der Waals surface area contributed by atoms with E-state index >= 15 is 0 Å². The molecule has 0 aliphatic rings. The van der Waals surface area contributed by atoms with Gasteiger partial charge >= 0.3 is 0 Å². The highest BCUT2D eigenvalue weighted by atomic mass is 32.1. The number of aromatic nitrogens is 1. The van der Waals surface area contributed by atoms with Crippen molar-refractivity contribution in [2.24, 2.45) is 4.99 Å². The molecule has 3 nitrogen and oxygen atoms in total. The maximum atomic E-state index is 12.6. The number of hydrogen-bond donors (Lipinski definition) is 0. The van der Waals surface area contributed by atoms with E-state index < -0.39 is 0 Å². The topological polar surface area (TPSA) is 34.4 Å². The summed E-state index contributed by atoms with van der Waals surface area (Å²) in [5, 5.41) is 0. The normalized spacial score (nSPS) is 11.7. The zero-order valence-electron chi connectivity index (χ0n) is 14.0. The molecule has 1 heterocycles. The molecule has 0 bridgehead atoms. The average Bonchev–Trinajstić information content (AvgIpc) is 2.87. The van der Waals surface area contributed by atoms with Gasteiger partial charge in [0.05, 0.1) is 16.8 Å². The minimum atomic E-state index is -0.243. The Hall–Kier alpha value is -2.64. The summed E-state index contributed by atoms with van der Waals surface area (Å²) in [4.78, 5) is 17.5. The molecule has 0 atom stereocenters. The van der Waals surface area contributed by atoms with E-state index in [0.29, 0.717) is 16.9 Å². The third-order valence-electron chi connectivity index (χ3n) is 4.04. The lowest BCUT2D eigenvalue weighted by Gasteiger charge is -2.02. The van der Waals surface area contributed by atoms with Gasteiger partial charge < -0.3 is 4.57 Å². The van der Waals surface area contributed by atoms with Crippen LogP contribution in [0.2, 0.25) is 0 Å². The van der Waals surface area contributed by atoms with Crippen LogP contribution >= 0.6 is 11.3 Å². The van der Waals surface area contributed by atoms with Crippen LogP contribution in [0.3, 0.4) is 0 Å². The van der Waals surface area contributed by atoms with Crippen LogP contribution in [0.15, 0.2) is 41.4 Å². The molecule has 24 heavy (non-hydrogen) atoms. The Kier molecular flexibility index (Phi) is 4.37. The van der Waals surface area contributed by atoms with E-state index in [0.717, 1.165) is 21.3 Å². The summed E-state index contributed by atoms with van der Waals surface area (Å²) in [5.41, 5.74) is 5.02. The van der Waals surface area contributed by atoms with E-state index in [-0.39, 0.29) is 5.91 Å². The number of nitrogens with zero attached hydrogens (tertiary/aromatic N) is 2. The number of thiazole rings is 1. The number of carbonyl (C=O) groups excluding carboxylic acids is 1. The fourth-order valence-corrected chi connectivity index (χ4v) is 3.66. The number of rotatable bonds is 2. The summed E-state index contributed by atoms with van der Waals surface area (Å²) in [6.45, 7) is 6.45. The SMILES string of the molecule is C#CCn1c(=NC(=O)c2ccc(C)c(C)c2)sc2cc(C)ccc21. The monoisotopic (exact) mass is 334 g/mol. The molecular formula is C20H18N2OS. The van der Waals surface area contributed by atoms with E-state index in [9.17, 15) is 4.79 Å². The Morgan fingerprint density at radius 2 is 1.96 bits per heavy atom. The van der Waals surface area contributed by atoms with Gasteiger partial charge in [0.25, 0.3) is 5.91 Å². The smallest absolute Gasteiger partial charge is 0.279 e. The van der Waals surface area contributed by atoms with Crippen molar-refractivity contribution in [2.75, 3.05) is 0 Å². The van der Waals surface area contributed by atoms with Gasteiger partial charge in [-0.15, -0.1) is 6.42 Å². The van der Waals surface area contributed by atoms with Crippen molar-refractivity contribution in [1.82, 2.24) is 4.57 Å². The highest BCUT2D eigenvalue weighted by Crippen LogP contribution is 2.19. The molecule has 4 heteroatoms. The lowest BCUT2D eigenvalue weighted by atomic mass is 10.1. The molecule has 0 aliphatic heterocycles. The Balaban J connectivity index is 2.15. The first-order valence-corrected chi connectivity index (χ1v) is 8.51. The quantitative estimate of drug-likeness (QED) is 0.652. The van der Waals surface area contributed by atoms with Crippen LogP contribution in [0.25, 0.3) is 10.2 Å². The summed E-state index contributed by atoms with van der Waals surface area (Å²) >= 11 is 1.49. The number of carbonyl (C=O) groups is 1. The molecule has 120 valence electrons. The van der Waals surface area contributed by atoms with Crippen molar-refractivity contribution in [3.63, 3.8) is 0 Å². The first-order valence-electron chi connectivity index (χ1n) is 7.69. The number of hydrogen-bond acceptors (Lipinski definition) is 2. The van der Waals surface area contributed by atoms with Crippen molar-refractivity contribution >= 4 is 27.5 Å². The first-order chi connectivity index (χ1) is 11.5. The molecule has 3 aromatic rings. The van der Waals surface area contributed by atoms with Gasteiger partial charge in [0.15, 0.2) is 4.80 Å². The molecular weight excluding hydrogens is 316 g/mol. The minimum Gasteiger partial charge on any atom is -0.305 e. The second kappa shape index (κ2) is 6.46. The highest BCUT2D eigenvalue weighted by molar-refractivity contribution is 7.16. The standard InChI is InChI=1S/C20H18N2OS/c1-5-10-22-17-9-6-13(2)11-18(17)24-20(22)21-19(23)16-8-7-14(3)15(4)12-16/h1,6-9,11-12H,10H2,2-4H3. The molecule has 0 saturated heterocycles. The molecule has 0 fully saturated rings. The number of fused-ring (bicyclic) bond motifs is 1. The fraction of sp³-hybridized carbons (Fsp3) is 0.200. The van der Waals surface area contributed by atoms with E-state index in [1.54, 1.807) is 0 Å². The van der Waals surface area contributed by atoms with E-state index in [1.807, 2.05) is 55.7 Å². The van der Waals surface area contributed by atoms with E-state index in [1.165, 1.54) is 16.9 Å². The van der Waals surface area contributed by atoms with Crippen molar-refractivity contribution in [3.8, 4) is 12.3 Å². The Morgan fingerprint density at radius 3 is 2.67 bits per heavy atom. The van der Waals surface area contributed by atoms with Crippen LogP contribution in [0.5, 0.6) is 0 Å². The van der Waals surface area contributed by atoms with Gasteiger partial charge in [0.2, 0.25) is 0 Å². The number of benzene rings is 2. The van der Waals surface area contributed by atoms with E-state index in [2.05, 4.69) is 17.0 Å². The van der Waals surface area contributed by atoms with Gasteiger partial charge in [-0.2, -0.15) is 4.99 Å². The van der Waals surface area contributed by atoms with E-state index in [4.69, 9.17) is 6.42 Å². The zero-order valence-corrected chi connectivity index (χ0v) is 14.8. The molecule has 1 amide bonds. The highest BCUT2D eigenvalue weighted by Gasteiger charge is 2.09. The maximum absolute atomic E-state index is 12.6. The van der Waals surface area contributed by atoms with Crippen LogP contribution < -0.4 is 4.80 Å². The first kappa shape index (κ1) is 16.2. The van der Waals surface area contributed by atoms with Crippen LogP contribution in [0.1, 0.15) is 27.0 Å². The Bertz CT molecular complexity index is 1050. The third-order valence-corrected chi connectivity index (χ3v) is 5.08. The summed E-state index contributed by atoms with van der Waals surface area (Å²) < 4.78 is 3.00. The lowest BCUT2D eigenvalue weighted by molar-refractivity contribution is 0.0998. The molecule has 0 aliphatic carbocycles.